The third-order valence-electron chi connectivity index (χ3n) is 4.32. The lowest BCUT2D eigenvalue weighted by Gasteiger charge is -2.33. The van der Waals surface area contributed by atoms with Gasteiger partial charge in [0.1, 0.15) is 11.8 Å². The van der Waals surface area contributed by atoms with Crippen molar-refractivity contribution in [2.24, 2.45) is 5.92 Å². The second-order valence-electron chi connectivity index (χ2n) is 5.63. The lowest BCUT2D eigenvalue weighted by atomic mass is 9.89. The largest absolute Gasteiger partial charge is 0.393 e. The van der Waals surface area contributed by atoms with E-state index in [1.54, 1.807) is 4.57 Å². The van der Waals surface area contributed by atoms with E-state index in [2.05, 4.69) is 15.0 Å². The minimum absolute atomic E-state index is 0.0334. The van der Waals surface area contributed by atoms with Crippen LogP contribution in [0.2, 0.25) is 0 Å². The first-order chi connectivity index (χ1) is 10.6. The highest BCUT2D eigenvalue weighted by molar-refractivity contribution is 5.70. The van der Waals surface area contributed by atoms with Gasteiger partial charge in [-0.25, -0.2) is 4.98 Å². The number of aromatic amines is 1. The Kier molecular flexibility index (Phi) is 2.78. The number of nitrogens with two attached hydrogens (primary N) is 1. The Morgan fingerprint density at radius 2 is 2.41 bits per heavy atom. The Balaban J connectivity index is 1.85. The van der Waals surface area contributed by atoms with Gasteiger partial charge in [0.05, 0.1) is 38.2 Å². The normalized spacial score (nSPS) is 34.4. The van der Waals surface area contributed by atoms with Crippen LogP contribution in [0.4, 0.5) is 5.95 Å². The highest BCUT2D eigenvalue weighted by atomic mass is 16.6. The average Bonchev–Trinajstić information content (AvgIpc) is 2.94. The molecule has 22 heavy (non-hydrogen) atoms. The molecule has 10 heteroatoms. The maximum atomic E-state index is 11.8. The van der Waals surface area contributed by atoms with Crippen LogP contribution in [0.5, 0.6) is 0 Å². The Bertz CT molecular complexity index is 788. The van der Waals surface area contributed by atoms with Crippen LogP contribution in [-0.4, -0.2) is 61.3 Å². The number of anilines is 1. The zero-order valence-corrected chi connectivity index (χ0v) is 11.5. The van der Waals surface area contributed by atoms with Gasteiger partial charge in [-0.1, -0.05) is 0 Å². The topological polar surface area (TPSA) is 149 Å². The minimum atomic E-state index is -1.17. The first-order valence-electron chi connectivity index (χ1n) is 6.82. The zero-order chi connectivity index (χ0) is 15.5. The number of fused-ring (bicyclic) bond motifs is 3. The molecular weight excluding hydrogens is 294 g/mol. The summed E-state index contributed by atoms with van der Waals surface area (Å²) in [7, 11) is 0. The third kappa shape index (κ3) is 1.66. The van der Waals surface area contributed by atoms with E-state index in [9.17, 15) is 15.0 Å². The van der Waals surface area contributed by atoms with Crippen molar-refractivity contribution >= 4 is 17.1 Å². The summed E-state index contributed by atoms with van der Waals surface area (Å²) >= 11 is 0. The molecule has 4 rings (SSSR count). The summed E-state index contributed by atoms with van der Waals surface area (Å²) in [4.78, 5) is 22.3. The molecule has 10 nitrogen and oxygen atoms in total. The van der Waals surface area contributed by atoms with E-state index in [0.717, 1.165) is 0 Å². The van der Waals surface area contributed by atoms with E-state index in [-0.39, 0.29) is 36.9 Å². The molecule has 2 aromatic rings. The monoisotopic (exact) mass is 309 g/mol. The Hall–Kier alpha value is -2.01. The van der Waals surface area contributed by atoms with Crippen molar-refractivity contribution in [1.82, 2.24) is 19.5 Å². The van der Waals surface area contributed by atoms with E-state index < -0.39 is 29.4 Å². The van der Waals surface area contributed by atoms with Crippen LogP contribution in [0, 0.1) is 5.92 Å². The van der Waals surface area contributed by atoms with Crippen LogP contribution >= 0.6 is 0 Å². The van der Waals surface area contributed by atoms with Crippen LogP contribution in [0.1, 0.15) is 6.23 Å². The molecule has 4 atom stereocenters. The van der Waals surface area contributed by atoms with Gasteiger partial charge in [0.2, 0.25) is 5.95 Å². The molecule has 0 aromatic carbocycles. The number of nitrogens with one attached hydrogen (secondary N) is 1. The van der Waals surface area contributed by atoms with Crippen molar-refractivity contribution in [2.45, 2.75) is 17.9 Å². The van der Waals surface area contributed by atoms with Crippen molar-refractivity contribution < 1.29 is 19.7 Å². The molecule has 0 aliphatic carbocycles. The Labute approximate surface area is 123 Å². The fourth-order valence-corrected chi connectivity index (χ4v) is 3.17. The molecule has 118 valence electrons. The number of hydrogen-bond donors (Lipinski definition) is 4. The summed E-state index contributed by atoms with van der Waals surface area (Å²) in [5.41, 5.74) is 4.35. The highest BCUT2D eigenvalue weighted by Gasteiger charge is 2.58. The molecule has 0 radical (unpaired) electrons. The second-order valence-corrected chi connectivity index (χ2v) is 5.63. The number of hydrogen-bond acceptors (Lipinski definition) is 8. The van der Waals surface area contributed by atoms with E-state index in [1.807, 2.05) is 0 Å². The summed E-state index contributed by atoms with van der Waals surface area (Å²) in [6, 6.07) is 0. The summed E-state index contributed by atoms with van der Waals surface area (Å²) in [5.74, 6) is -0.436. The quantitative estimate of drug-likeness (QED) is 0.496. The van der Waals surface area contributed by atoms with Crippen LogP contribution < -0.4 is 11.3 Å². The van der Waals surface area contributed by atoms with Gasteiger partial charge in [0, 0.05) is 0 Å². The van der Waals surface area contributed by atoms with Crippen LogP contribution in [0.15, 0.2) is 11.1 Å². The lowest BCUT2D eigenvalue weighted by Crippen LogP contribution is -2.52. The smallest absolute Gasteiger partial charge is 0.280 e. The fourth-order valence-electron chi connectivity index (χ4n) is 3.17. The van der Waals surface area contributed by atoms with Gasteiger partial charge in [0.15, 0.2) is 11.2 Å². The van der Waals surface area contributed by atoms with Gasteiger partial charge in [-0.2, -0.15) is 4.98 Å². The fraction of sp³-hybridized carbons (Fsp3) is 0.583. The predicted molar refractivity (Wildman–Crippen MR) is 72.8 cm³/mol. The number of nitrogens with zero attached hydrogens (tertiary/aromatic N) is 3. The van der Waals surface area contributed by atoms with Gasteiger partial charge in [-0.05, 0) is 0 Å². The predicted octanol–water partition coefficient (Wildman–Crippen LogP) is -2.03. The van der Waals surface area contributed by atoms with Gasteiger partial charge < -0.3 is 25.4 Å². The minimum Gasteiger partial charge on any atom is -0.393 e. The van der Waals surface area contributed by atoms with Crippen LogP contribution in [0.25, 0.3) is 11.2 Å². The zero-order valence-electron chi connectivity index (χ0n) is 11.5. The number of ether oxygens (including phenoxy) is 2. The molecule has 0 spiro atoms. The number of imidazole rings is 1. The molecule has 4 heterocycles. The Morgan fingerprint density at radius 3 is 3.14 bits per heavy atom. The molecular formula is C12H15N5O5. The SMILES string of the molecule is Nc1nc2c(ncn2C2OC3(CO)COCC2C3O)c(=O)[nH]1. The number of H-pyrrole nitrogens is 1. The molecule has 5 N–H and O–H groups in total. The number of aliphatic hydroxyl groups is 2. The average molecular weight is 309 g/mol. The molecule has 2 aliphatic rings. The van der Waals surface area contributed by atoms with Crippen molar-refractivity contribution in [2.75, 3.05) is 25.6 Å². The standard InChI is InChI=1S/C12H15N5O5/c13-11-15-8-6(9(20)16-11)14-4-17(8)10-5-1-21-3-12(2-18,22-10)7(5)19/h4-5,7,10,18-19H,1-3H2,(H3,13,15,16,20). The second kappa shape index (κ2) is 4.49. The van der Waals surface area contributed by atoms with E-state index in [0.29, 0.717) is 0 Å². The summed E-state index contributed by atoms with van der Waals surface area (Å²) < 4.78 is 12.8. The lowest BCUT2D eigenvalue weighted by molar-refractivity contribution is -0.163. The van der Waals surface area contributed by atoms with Crippen LogP contribution in [0.3, 0.4) is 0 Å². The van der Waals surface area contributed by atoms with Crippen LogP contribution in [-0.2, 0) is 9.47 Å². The molecule has 2 aromatic heterocycles. The molecule has 4 unspecified atom stereocenters. The van der Waals surface area contributed by atoms with E-state index in [1.165, 1.54) is 6.33 Å². The summed E-state index contributed by atoms with van der Waals surface area (Å²) in [6.07, 6.45) is -0.119. The van der Waals surface area contributed by atoms with Crippen molar-refractivity contribution in [3.8, 4) is 0 Å². The number of aromatic nitrogens is 4. The van der Waals surface area contributed by atoms with Gasteiger partial charge in [-0.15, -0.1) is 0 Å². The van der Waals surface area contributed by atoms with Crippen molar-refractivity contribution in [3.05, 3.63) is 16.7 Å². The van der Waals surface area contributed by atoms with Gasteiger partial charge >= 0.3 is 0 Å². The molecule has 0 amide bonds. The molecule has 2 bridgehead atoms. The van der Waals surface area contributed by atoms with E-state index >= 15 is 0 Å². The maximum absolute atomic E-state index is 11.8. The van der Waals surface area contributed by atoms with Crippen molar-refractivity contribution in [1.29, 1.82) is 0 Å². The van der Waals surface area contributed by atoms with E-state index in [4.69, 9.17) is 15.2 Å². The molecule has 2 fully saturated rings. The summed E-state index contributed by atoms with van der Waals surface area (Å²) in [6.45, 7) is -0.00365. The van der Waals surface area contributed by atoms with Gasteiger partial charge in [0.25, 0.3) is 5.56 Å². The molecule has 2 saturated heterocycles. The van der Waals surface area contributed by atoms with Gasteiger partial charge in [-0.3, -0.25) is 14.3 Å². The first kappa shape index (κ1) is 13.6. The third-order valence-corrected chi connectivity index (χ3v) is 4.32. The van der Waals surface area contributed by atoms with Crippen molar-refractivity contribution in [3.63, 3.8) is 0 Å². The highest BCUT2D eigenvalue weighted by Crippen LogP contribution is 2.45. The number of nitrogen functional groups attached to an aromatic ring is 1. The summed E-state index contributed by atoms with van der Waals surface area (Å²) in [5, 5.41) is 20.0. The molecule has 0 saturated carbocycles. The number of rotatable bonds is 2. The maximum Gasteiger partial charge on any atom is 0.280 e. The number of aliphatic hydroxyl groups excluding tert-OH is 2. The Morgan fingerprint density at radius 1 is 1.59 bits per heavy atom. The first-order valence-corrected chi connectivity index (χ1v) is 6.82. The molecule has 2 aliphatic heterocycles.